The molecule has 94 valence electrons. The number of carbonyl (C=O) groups is 1. The average molecular weight is 237 g/mol. The molecule has 0 aromatic heterocycles. The third-order valence-corrected chi connectivity index (χ3v) is 2.47. The maximum atomic E-state index is 11.3. The van der Waals surface area contributed by atoms with Gasteiger partial charge in [-0.05, 0) is 25.1 Å². The highest BCUT2D eigenvalue weighted by molar-refractivity contribution is 5.99. The first-order valence-electron chi connectivity index (χ1n) is 5.54. The molecule has 1 rings (SSSR count). The summed E-state index contributed by atoms with van der Waals surface area (Å²) in [6.45, 7) is 3.92. The Bertz CT molecular complexity index is 393. The molecule has 0 aliphatic rings. The number of benzene rings is 1. The molecule has 0 saturated heterocycles. The number of nitrogens with two attached hydrogens (primary N) is 2. The van der Waals surface area contributed by atoms with Crippen LogP contribution in [0.1, 0.15) is 17.3 Å². The van der Waals surface area contributed by atoms with Gasteiger partial charge in [-0.25, -0.2) is 0 Å². The maximum Gasteiger partial charge on any atom is 0.250 e. The molecule has 1 aromatic carbocycles. The number of nitrogen functional groups attached to an aromatic ring is 1. The zero-order valence-electron chi connectivity index (χ0n) is 10.3. The number of ether oxygens (including phenoxy) is 1. The van der Waals surface area contributed by atoms with Gasteiger partial charge in [0.15, 0.2) is 0 Å². The number of hydrogen-bond acceptors (Lipinski definition) is 4. The lowest BCUT2D eigenvalue weighted by Gasteiger charge is -2.21. The maximum absolute atomic E-state index is 11.3. The standard InChI is InChI=1S/C12H19N3O2/c1-3-17-7-6-15(2)11-5-4-9(13)8-10(11)12(14)16/h4-5,8H,3,6-7,13H2,1-2H3,(H2,14,16). The minimum Gasteiger partial charge on any atom is -0.399 e. The second kappa shape index (κ2) is 6.10. The van der Waals surface area contributed by atoms with Crippen molar-refractivity contribution in [3.05, 3.63) is 23.8 Å². The summed E-state index contributed by atoms with van der Waals surface area (Å²) < 4.78 is 5.27. The lowest BCUT2D eigenvalue weighted by molar-refractivity contribution is 0.100. The molecule has 5 nitrogen and oxygen atoms in total. The van der Waals surface area contributed by atoms with Gasteiger partial charge in [-0.1, -0.05) is 0 Å². The molecule has 0 aliphatic carbocycles. The van der Waals surface area contributed by atoms with Gasteiger partial charge in [-0.15, -0.1) is 0 Å². The van der Waals surface area contributed by atoms with E-state index in [9.17, 15) is 4.79 Å². The number of anilines is 2. The first-order valence-corrected chi connectivity index (χ1v) is 5.54. The molecule has 17 heavy (non-hydrogen) atoms. The Morgan fingerprint density at radius 1 is 1.47 bits per heavy atom. The molecule has 0 atom stereocenters. The summed E-state index contributed by atoms with van der Waals surface area (Å²) in [6.07, 6.45) is 0. The summed E-state index contributed by atoms with van der Waals surface area (Å²) in [5.74, 6) is -0.476. The summed E-state index contributed by atoms with van der Waals surface area (Å²) in [6, 6.07) is 5.13. The molecule has 0 fully saturated rings. The minimum atomic E-state index is -0.476. The first-order chi connectivity index (χ1) is 8.06. The molecule has 4 N–H and O–H groups in total. The van der Waals surface area contributed by atoms with Crippen LogP contribution in [0.5, 0.6) is 0 Å². The Balaban J connectivity index is 2.84. The Morgan fingerprint density at radius 3 is 2.76 bits per heavy atom. The van der Waals surface area contributed by atoms with Crippen molar-refractivity contribution in [2.45, 2.75) is 6.92 Å². The van der Waals surface area contributed by atoms with Gasteiger partial charge in [0.1, 0.15) is 0 Å². The van der Waals surface area contributed by atoms with Crippen molar-refractivity contribution < 1.29 is 9.53 Å². The number of nitrogens with zero attached hydrogens (tertiary/aromatic N) is 1. The Morgan fingerprint density at radius 2 is 2.18 bits per heavy atom. The van der Waals surface area contributed by atoms with Crippen LogP contribution in [0.4, 0.5) is 11.4 Å². The van der Waals surface area contributed by atoms with Crippen LogP contribution in [0, 0.1) is 0 Å². The number of carbonyl (C=O) groups excluding carboxylic acids is 1. The lowest BCUT2D eigenvalue weighted by Crippen LogP contribution is -2.26. The second-order valence-electron chi connectivity index (χ2n) is 3.76. The van der Waals surface area contributed by atoms with E-state index < -0.39 is 5.91 Å². The Kier molecular flexibility index (Phi) is 4.78. The molecular formula is C12H19N3O2. The fourth-order valence-corrected chi connectivity index (χ4v) is 1.55. The molecule has 1 aromatic rings. The van der Waals surface area contributed by atoms with Gasteiger partial charge < -0.3 is 21.1 Å². The number of hydrogen-bond donors (Lipinski definition) is 2. The molecule has 0 saturated carbocycles. The van der Waals surface area contributed by atoms with Crippen LogP contribution in [0.3, 0.4) is 0 Å². The molecule has 0 spiro atoms. The number of rotatable bonds is 6. The molecule has 0 unspecified atom stereocenters. The van der Waals surface area contributed by atoms with E-state index in [0.717, 1.165) is 5.69 Å². The SMILES string of the molecule is CCOCCN(C)c1ccc(N)cc1C(N)=O. The third-order valence-electron chi connectivity index (χ3n) is 2.47. The zero-order valence-corrected chi connectivity index (χ0v) is 10.3. The van der Waals surface area contributed by atoms with Crippen LogP contribution >= 0.6 is 0 Å². The van der Waals surface area contributed by atoms with E-state index in [0.29, 0.717) is 31.0 Å². The highest BCUT2D eigenvalue weighted by atomic mass is 16.5. The van der Waals surface area contributed by atoms with Gasteiger partial charge in [0.05, 0.1) is 12.2 Å². The quantitative estimate of drug-likeness (QED) is 0.567. The summed E-state index contributed by atoms with van der Waals surface area (Å²) in [5.41, 5.74) is 12.7. The number of amides is 1. The van der Waals surface area contributed by atoms with Gasteiger partial charge in [-0.2, -0.15) is 0 Å². The van der Waals surface area contributed by atoms with Gasteiger partial charge in [0.25, 0.3) is 5.91 Å². The predicted octanol–water partition coefficient (Wildman–Crippen LogP) is 0.840. The second-order valence-corrected chi connectivity index (χ2v) is 3.76. The molecule has 0 aliphatic heterocycles. The van der Waals surface area contributed by atoms with E-state index in [1.165, 1.54) is 0 Å². The van der Waals surface area contributed by atoms with Gasteiger partial charge in [-0.3, -0.25) is 4.79 Å². The van der Waals surface area contributed by atoms with Gasteiger partial charge in [0.2, 0.25) is 0 Å². The van der Waals surface area contributed by atoms with E-state index >= 15 is 0 Å². The van der Waals surface area contributed by atoms with Gasteiger partial charge in [0, 0.05) is 31.6 Å². The summed E-state index contributed by atoms with van der Waals surface area (Å²) in [5, 5.41) is 0. The van der Waals surface area contributed by atoms with Crippen molar-refractivity contribution >= 4 is 17.3 Å². The van der Waals surface area contributed by atoms with Crippen LogP contribution in [0.2, 0.25) is 0 Å². The smallest absolute Gasteiger partial charge is 0.250 e. The van der Waals surface area contributed by atoms with E-state index in [4.69, 9.17) is 16.2 Å². The Labute approximate surface area is 101 Å². The van der Waals surface area contributed by atoms with E-state index in [2.05, 4.69) is 0 Å². The van der Waals surface area contributed by atoms with Crippen LogP contribution in [-0.2, 0) is 4.74 Å². The van der Waals surface area contributed by atoms with Gasteiger partial charge >= 0.3 is 0 Å². The van der Waals surface area contributed by atoms with Crippen molar-refractivity contribution in [1.82, 2.24) is 0 Å². The zero-order chi connectivity index (χ0) is 12.8. The van der Waals surface area contributed by atoms with E-state index in [1.54, 1.807) is 18.2 Å². The fraction of sp³-hybridized carbons (Fsp3) is 0.417. The summed E-state index contributed by atoms with van der Waals surface area (Å²) in [4.78, 5) is 13.2. The average Bonchev–Trinajstić information content (AvgIpc) is 2.29. The van der Waals surface area contributed by atoms with E-state index in [-0.39, 0.29) is 0 Å². The van der Waals surface area contributed by atoms with Crippen molar-refractivity contribution in [3.8, 4) is 0 Å². The normalized spacial score (nSPS) is 10.2. The highest BCUT2D eigenvalue weighted by Gasteiger charge is 2.12. The summed E-state index contributed by atoms with van der Waals surface area (Å²) in [7, 11) is 1.89. The molecular weight excluding hydrogens is 218 g/mol. The van der Waals surface area contributed by atoms with Crippen molar-refractivity contribution in [3.63, 3.8) is 0 Å². The predicted molar refractivity (Wildman–Crippen MR) is 69.1 cm³/mol. The third kappa shape index (κ3) is 3.64. The first kappa shape index (κ1) is 13.3. The highest BCUT2D eigenvalue weighted by Crippen LogP contribution is 2.21. The van der Waals surface area contributed by atoms with Crippen LogP contribution in [0.15, 0.2) is 18.2 Å². The van der Waals surface area contributed by atoms with Crippen molar-refractivity contribution in [2.75, 3.05) is 37.4 Å². The largest absolute Gasteiger partial charge is 0.399 e. The molecule has 0 radical (unpaired) electrons. The molecule has 0 bridgehead atoms. The van der Waals surface area contributed by atoms with Crippen LogP contribution in [0.25, 0.3) is 0 Å². The number of likely N-dealkylation sites (N-methyl/N-ethyl adjacent to an activating group) is 1. The van der Waals surface area contributed by atoms with Crippen molar-refractivity contribution in [1.29, 1.82) is 0 Å². The Hall–Kier alpha value is -1.75. The van der Waals surface area contributed by atoms with Crippen molar-refractivity contribution in [2.24, 2.45) is 5.73 Å². The lowest BCUT2D eigenvalue weighted by atomic mass is 10.1. The van der Waals surface area contributed by atoms with Crippen LogP contribution < -0.4 is 16.4 Å². The topological polar surface area (TPSA) is 81.6 Å². The monoisotopic (exact) mass is 237 g/mol. The van der Waals surface area contributed by atoms with E-state index in [1.807, 2.05) is 18.9 Å². The molecule has 5 heteroatoms. The minimum absolute atomic E-state index is 0.434. The number of primary amides is 1. The molecule has 1 amide bonds. The fourth-order valence-electron chi connectivity index (χ4n) is 1.55. The molecule has 0 heterocycles. The summed E-state index contributed by atoms with van der Waals surface area (Å²) >= 11 is 0. The van der Waals surface area contributed by atoms with Crippen LogP contribution in [-0.4, -0.2) is 32.7 Å².